The smallest absolute Gasteiger partial charge is 0.188 e. The van der Waals surface area contributed by atoms with E-state index in [1.54, 1.807) is 14.2 Å². The van der Waals surface area contributed by atoms with Gasteiger partial charge in [0.25, 0.3) is 0 Å². The van der Waals surface area contributed by atoms with Crippen LogP contribution in [0.1, 0.15) is 23.2 Å². The van der Waals surface area contributed by atoms with Crippen molar-refractivity contribution in [1.29, 1.82) is 0 Å². The first-order valence-electron chi connectivity index (χ1n) is 7.87. The molecule has 0 amide bonds. The van der Waals surface area contributed by atoms with Crippen LogP contribution in [-0.4, -0.2) is 36.9 Å². The van der Waals surface area contributed by atoms with E-state index in [4.69, 9.17) is 15.2 Å². The highest BCUT2D eigenvalue weighted by Gasteiger charge is 2.04. The minimum Gasteiger partial charge on any atom is -0.493 e. The van der Waals surface area contributed by atoms with E-state index in [-0.39, 0.29) is 24.0 Å². The third-order valence-electron chi connectivity index (χ3n) is 3.74. The van der Waals surface area contributed by atoms with E-state index >= 15 is 0 Å². The van der Waals surface area contributed by atoms with Crippen LogP contribution in [-0.2, 0) is 13.0 Å². The van der Waals surface area contributed by atoms with E-state index in [0.29, 0.717) is 24.0 Å². The summed E-state index contributed by atoms with van der Waals surface area (Å²) in [5.41, 5.74) is 9.26. The maximum atomic E-state index is 5.90. The van der Waals surface area contributed by atoms with Gasteiger partial charge >= 0.3 is 0 Å². The fraction of sp³-hybridized carbons (Fsp3) is 0.412. The van der Waals surface area contributed by atoms with Crippen LogP contribution in [0.5, 0.6) is 11.5 Å². The molecule has 0 aliphatic heterocycles. The highest BCUT2D eigenvalue weighted by molar-refractivity contribution is 14.0. The number of halogens is 1. The molecule has 2 aromatic rings. The van der Waals surface area contributed by atoms with E-state index in [9.17, 15) is 0 Å². The number of nitrogens with two attached hydrogens (primary N) is 1. The Morgan fingerprint density at radius 3 is 2.68 bits per heavy atom. The summed E-state index contributed by atoms with van der Waals surface area (Å²) < 4.78 is 10.5. The summed E-state index contributed by atoms with van der Waals surface area (Å²) in [6, 6.07) is 5.71. The van der Waals surface area contributed by atoms with Crippen molar-refractivity contribution < 1.29 is 9.47 Å². The van der Waals surface area contributed by atoms with E-state index < -0.39 is 0 Å². The second-order valence-electron chi connectivity index (χ2n) is 5.44. The Bertz CT molecular complexity index is 687. The summed E-state index contributed by atoms with van der Waals surface area (Å²) in [5.74, 6) is 1.83. The molecule has 138 valence electrons. The van der Waals surface area contributed by atoms with Crippen molar-refractivity contribution in [2.45, 2.75) is 26.3 Å². The summed E-state index contributed by atoms with van der Waals surface area (Å²) in [7, 11) is 3.23. The summed E-state index contributed by atoms with van der Waals surface area (Å²) in [6.45, 7) is 3.28. The van der Waals surface area contributed by atoms with Crippen LogP contribution in [0.4, 0.5) is 0 Å². The zero-order valence-corrected chi connectivity index (χ0v) is 17.2. The minimum atomic E-state index is 0. The number of hydrogen-bond acceptors (Lipinski definition) is 4. The third kappa shape index (κ3) is 6.45. The van der Waals surface area contributed by atoms with E-state index in [2.05, 4.69) is 20.5 Å². The molecular weight excluding hydrogens is 433 g/mol. The maximum absolute atomic E-state index is 5.90. The van der Waals surface area contributed by atoms with Crippen molar-refractivity contribution >= 4 is 29.9 Å². The normalized spacial score (nSPS) is 10.9. The topological polar surface area (TPSA) is 97.5 Å². The molecule has 1 heterocycles. The number of aryl methyl sites for hydroxylation is 2. The van der Waals surface area contributed by atoms with Crippen molar-refractivity contribution in [2.24, 2.45) is 10.7 Å². The Hall–Kier alpha value is -1.97. The van der Waals surface area contributed by atoms with Gasteiger partial charge in [-0.15, -0.1) is 24.0 Å². The number of hydrogen-bond donors (Lipinski definition) is 3. The molecule has 0 unspecified atom stereocenters. The molecule has 0 saturated heterocycles. The van der Waals surface area contributed by atoms with Crippen molar-refractivity contribution in [1.82, 2.24) is 15.5 Å². The molecule has 2 rings (SSSR count). The summed E-state index contributed by atoms with van der Waals surface area (Å²) in [4.78, 5) is 4.35. The monoisotopic (exact) mass is 459 g/mol. The van der Waals surface area contributed by atoms with Crippen LogP contribution in [0.2, 0.25) is 0 Å². The van der Waals surface area contributed by atoms with Crippen LogP contribution in [0.15, 0.2) is 29.4 Å². The molecule has 0 spiro atoms. The predicted octanol–water partition coefficient (Wildman–Crippen LogP) is 2.39. The molecular formula is C17H26IN5O2. The molecule has 0 saturated carbocycles. The molecule has 25 heavy (non-hydrogen) atoms. The Kier molecular flexibility index (Phi) is 9.11. The largest absolute Gasteiger partial charge is 0.493 e. The second-order valence-corrected chi connectivity index (χ2v) is 5.44. The van der Waals surface area contributed by atoms with Crippen LogP contribution in [0.3, 0.4) is 0 Å². The number of ether oxygens (including phenoxy) is 2. The fourth-order valence-corrected chi connectivity index (χ4v) is 2.33. The summed E-state index contributed by atoms with van der Waals surface area (Å²) >= 11 is 0. The SMILES string of the molecule is COc1ccc(CN=C(N)NCCCc2cn[nH]c2C)cc1OC.I. The van der Waals surface area contributed by atoms with Gasteiger partial charge in [-0.1, -0.05) is 6.07 Å². The molecule has 8 heteroatoms. The van der Waals surface area contributed by atoms with Gasteiger partial charge in [0.05, 0.1) is 27.0 Å². The third-order valence-corrected chi connectivity index (χ3v) is 3.74. The highest BCUT2D eigenvalue weighted by atomic mass is 127. The molecule has 0 aliphatic carbocycles. The van der Waals surface area contributed by atoms with Crippen LogP contribution >= 0.6 is 24.0 Å². The molecule has 7 nitrogen and oxygen atoms in total. The molecule has 0 radical (unpaired) electrons. The number of nitrogens with one attached hydrogen (secondary N) is 2. The Morgan fingerprint density at radius 2 is 2.04 bits per heavy atom. The molecule has 0 aliphatic rings. The van der Waals surface area contributed by atoms with Gasteiger partial charge in [0.2, 0.25) is 0 Å². The van der Waals surface area contributed by atoms with E-state index in [1.165, 1.54) is 5.56 Å². The van der Waals surface area contributed by atoms with Crippen LogP contribution in [0, 0.1) is 6.92 Å². The minimum absolute atomic E-state index is 0. The van der Waals surface area contributed by atoms with E-state index in [1.807, 2.05) is 31.3 Å². The standard InChI is InChI=1S/C17H25N5O2.HI/c1-12-14(11-21-22-12)5-4-8-19-17(18)20-10-13-6-7-15(23-2)16(9-13)24-3;/h6-7,9,11H,4-5,8,10H2,1-3H3,(H,21,22)(H3,18,19,20);1H. The van der Waals surface area contributed by atoms with Crippen molar-refractivity contribution in [3.8, 4) is 11.5 Å². The lowest BCUT2D eigenvalue weighted by Crippen LogP contribution is -2.32. The van der Waals surface area contributed by atoms with Crippen LogP contribution in [0.25, 0.3) is 0 Å². The average Bonchev–Trinajstić information content (AvgIpc) is 3.01. The number of H-pyrrole nitrogens is 1. The fourth-order valence-electron chi connectivity index (χ4n) is 2.33. The number of methoxy groups -OCH3 is 2. The Balaban J connectivity index is 0.00000312. The first kappa shape index (κ1) is 21.1. The lowest BCUT2D eigenvalue weighted by atomic mass is 10.1. The number of benzene rings is 1. The van der Waals surface area contributed by atoms with E-state index in [0.717, 1.165) is 30.6 Å². The maximum Gasteiger partial charge on any atom is 0.188 e. The van der Waals surface area contributed by atoms with Crippen LogP contribution < -0.4 is 20.5 Å². The van der Waals surface area contributed by atoms with Crippen molar-refractivity contribution in [3.05, 3.63) is 41.2 Å². The number of rotatable bonds is 8. The molecule has 1 aromatic heterocycles. The van der Waals surface area contributed by atoms with Gasteiger partial charge in [-0.3, -0.25) is 5.10 Å². The van der Waals surface area contributed by atoms with Crippen molar-refractivity contribution in [2.75, 3.05) is 20.8 Å². The highest BCUT2D eigenvalue weighted by Crippen LogP contribution is 2.27. The first-order valence-corrected chi connectivity index (χ1v) is 7.87. The summed E-state index contributed by atoms with van der Waals surface area (Å²) in [6.07, 6.45) is 3.79. The zero-order chi connectivity index (χ0) is 17.4. The van der Waals surface area contributed by atoms with Gasteiger partial charge in [-0.25, -0.2) is 4.99 Å². The van der Waals surface area contributed by atoms with Gasteiger partial charge in [0, 0.05) is 12.2 Å². The summed E-state index contributed by atoms with van der Waals surface area (Å²) in [5, 5.41) is 10.1. The van der Waals surface area contributed by atoms with Crippen molar-refractivity contribution in [3.63, 3.8) is 0 Å². The van der Waals surface area contributed by atoms with Gasteiger partial charge in [0.1, 0.15) is 0 Å². The predicted molar refractivity (Wildman–Crippen MR) is 110 cm³/mol. The quantitative estimate of drug-likeness (QED) is 0.244. The number of guanidine groups is 1. The Morgan fingerprint density at radius 1 is 1.28 bits per heavy atom. The van der Waals surface area contributed by atoms with Gasteiger partial charge in [-0.05, 0) is 43.0 Å². The van der Waals surface area contributed by atoms with Gasteiger partial charge < -0.3 is 20.5 Å². The molecule has 1 aromatic carbocycles. The van der Waals surface area contributed by atoms with Gasteiger partial charge in [0.15, 0.2) is 17.5 Å². The Labute approximate surface area is 165 Å². The number of nitrogens with zero attached hydrogens (tertiary/aromatic N) is 2. The number of aromatic nitrogens is 2. The first-order chi connectivity index (χ1) is 11.6. The van der Waals surface area contributed by atoms with Gasteiger partial charge in [-0.2, -0.15) is 5.10 Å². The number of aromatic amines is 1. The molecule has 4 N–H and O–H groups in total. The lowest BCUT2D eigenvalue weighted by Gasteiger charge is -2.09. The zero-order valence-electron chi connectivity index (χ0n) is 14.8. The average molecular weight is 459 g/mol. The molecule has 0 bridgehead atoms. The number of aliphatic imine (C=N–C) groups is 1. The second kappa shape index (κ2) is 10.8. The lowest BCUT2D eigenvalue weighted by molar-refractivity contribution is 0.354. The molecule has 0 fully saturated rings. The molecule has 0 atom stereocenters.